The first-order valence-corrected chi connectivity index (χ1v) is 10.0. The Hall–Kier alpha value is -2.98. The predicted molar refractivity (Wildman–Crippen MR) is 110 cm³/mol. The molecule has 0 aliphatic carbocycles. The topological polar surface area (TPSA) is 27.7 Å². The van der Waals surface area contributed by atoms with Crippen LogP contribution in [0.2, 0.25) is 5.02 Å². The first-order valence-electron chi connectivity index (χ1n) is 9.63. The second-order valence-corrected chi connectivity index (χ2v) is 7.48. The predicted octanol–water partition coefficient (Wildman–Crippen LogP) is 8.03. The molecule has 0 saturated carbocycles. The quantitative estimate of drug-likeness (QED) is 0.288. The van der Waals surface area contributed by atoms with Crippen LogP contribution >= 0.6 is 11.6 Å². The first-order chi connectivity index (χ1) is 15.9. The van der Waals surface area contributed by atoms with Crippen LogP contribution in [0.1, 0.15) is 17.0 Å². The zero-order valence-corrected chi connectivity index (χ0v) is 17.8. The summed E-state index contributed by atoms with van der Waals surface area (Å²) in [6.07, 6.45) is -9.68. The van der Waals surface area contributed by atoms with Gasteiger partial charge < -0.3 is 14.2 Å². The molecule has 3 aromatic rings. The molecule has 3 rings (SSSR count). The van der Waals surface area contributed by atoms with Crippen LogP contribution in [0.15, 0.2) is 66.7 Å². The Labute approximate surface area is 194 Å². The molecule has 0 N–H and O–H groups in total. The van der Waals surface area contributed by atoms with E-state index in [1.54, 1.807) is 12.1 Å². The molecule has 0 heterocycles. The molecule has 34 heavy (non-hydrogen) atoms. The SMILES string of the molecule is Fc1ccc(COCC(c2ccc(OC(F)(F)F)cc2)C(F)(F)F)cc1Oc1ccc(Cl)cc1. The molecule has 11 heteroatoms. The molecule has 0 fully saturated rings. The Morgan fingerprint density at radius 2 is 1.41 bits per heavy atom. The van der Waals surface area contributed by atoms with Crippen molar-refractivity contribution in [3.8, 4) is 17.2 Å². The minimum atomic E-state index is -4.96. The first kappa shape index (κ1) is 25.6. The smallest absolute Gasteiger partial charge is 0.454 e. The molecule has 1 atom stereocenters. The van der Waals surface area contributed by atoms with Crippen LogP contribution in [0, 0.1) is 5.82 Å². The Morgan fingerprint density at radius 1 is 0.794 bits per heavy atom. The summed E-state index contributed by atoms with van der Waals surface area (Å²) in [6, 6.07) is 13.2. The van der Waals surface area contributed by atoms with Crippen molar-refractivity contribution in [3.63, 3.8) is 0 Å². The number of halogens is 8. The van der Waals surface area contributed by atoms with E-state index >= 15 is 0 Å². The van der Waals surface area contributed by atoms with Gasteiger partial charge in [0.1, 0.15) is 17.4 Å². The minimum Gasteiger partial charge on any atom is -0.454 e. The van der Waals surface area contributed by atoms with Crippen LogP contribution < -0.4 is 9.47 Å². The summed E-state index contributed by atoms with van der Waals surface area (Å²) in [4.78, 5) is 0. The van der Waals surface area contributed by atoms with Crippen molar-refractivity contribution in [2.24, 2.45) is 0 Å². The fourth-order valence-electron chi connectivity index (χ4n) is 2.92. The molecule has 0 bridgehead atoms. The van der Waals surface area contributed by atoms with Gasteiger partial charge in [-0.25, -0.2) is 4.39 Å². The van der Waals surface area contributed by atoms with Gasteiger partial charge >= 0.3 is 12.5 Å². The van der Waals surface area contributed by atoms with E-state index in [2.05, 4.69) is 4.74 Å². The maximum Gasteiger partial charge on any atom is 0.573 e. The van der Waals surface area contributed by atoms with Crippen molar-refractivity contribution in [3.05, 3.63) is 88.7 Å². The lowest BCUT2D eigenvalue weighted by Crippen LogP contribution is -2.25. The van der Waals surface area contributed by atoms with E-state index in [0.29, 0.717) is 16.3 Å². The standard InChI is InChI=1S/C23H16ClF7O3/c24-16-4-8-17(9-5-16)33-21-11-14(1-10-20(21)25)12-32-13-19(22(26,27)28)15-2-6-18(7-3-15)34-23(29,30)31/h1-11,19H,12-13H2. The van der Waals surface area contributed by atoms with Crippen LogP contribution in [-0.2, 0) is 11.3 Å². The lowest BCUT2D eigenvalue weighted by atomic mass is 9.99. The molecule has 3 aromatic carbocycles. The maximum absolute atomic E-state index is 14.1. The number of ether oxygens (including phenoxy) is 3. The van der Waals surface area contributed by atoms with E-state index in [9.17, 15) is 30.7 Å². The Kier molecular flexibility index (Phi) is 7.93. The minimum absolute atomic E-state index is 0.156. The summed E-state index contributed by atoms with van der Waals surface area (Å²) in [6.45, 7) is -1.10. The van der Waals surface area contributed by atoms with E-state index in [-0.39, 0.29) is 17.9 Å². The molecular formula is C23H16ClF7O3. The number of benzene rings is 3. The average Bonchev–Trinajstić information content (AvgIpc) is 2.74. The van der Waals surface area contributed by atoms with Crippen molar-refractivity contribution >= 4 is 11.6 Å². The highest BCUT2D eigenvalue weighted by Crippen LogP contribution is 2.36. The van der Waals surface area contributed by atoms with Crippen LogP contribution in [0.5, 0.6) is 17.2 Å². The molecule has 3 nitrogen and oxygen atoms in total. The van der Waals surface area contributed by atoms with Gasteiger partial charge in [-0.1, -0.05) is 29.8 Å². The summed E-state index contributed by atoms with van der Waals surface area (Å²) in [5.74, 6) is -3.28. The van der Waals surface area contributed by atoms with Gasteiger partial charge in [0.05, 0.1) is 13.2 Å². The monoisotopic (exact) mass is 508 g/mol. The van der Waals surface area contributed by atoms with Crippen molar-refractivity contribution in [1.29, 1.82) is 0 Å². The van der Waals surface area contributed by atoms with E-state index < -0.39 is 36.6 Å². The normalized spacial score (nSPS) is 12.9. The largest absolute Gasteiger partial charge is 0.573 e. The van der Waals surface area contributed by atoms with Gasteiger partial charge in [0.25, 0.3) is 0 Å². The highest BCUT2D eigenvalue weighted by Gasteiger charge is 2.41. The summed E-state index contributed by atoms with van der Waals surface area (Å²) < 4.78 is 106. The fraction of sp³-hybridized carbons (Fsp3) is 0.217. The third kappa shape index (κ3) is 7.53. The second-order valence-electron chi connectivity index (χ2n) is 7.05. The van der Waals surface area contributed by atoms with Crippen molar-refractivity contribution < 1.29 is 44.9 Å². The van der Waals surface area contributed by atoms with Crippen molar-refractivity contribution in [2.75, 3.05) is 6.61 Å². The third-order valence-electron chi connectivity index (χ3n) is 4.50. The van der Waals surface area contributed by atoms with Gasteiger partial charge in [-0.3, -0.25) is 0 Å². The molecule has 0 saturated heterocycles. The fourth-order valence-corrected chi connectivity index (χ4v) is 3.05. The van der Waals surface area contributed by atoms with Gasteiger partial charge in [0.15, 0.2) is 11.6 Å². The summed E-state index contributed by atoms with van der Waals surface area (Å²) in [5.41, 5.74) is 0.0492. The Balaban J connectivity index is 1.66. The maximum atomic E-state index is 14.1. The van der Waals surface area contributed by atoms with Crippen LogP contribution in [0.4, 0.5) is 30.7 Å². The molecule has 0 amide bonds. The molecule has 0 aliphatic rings. The molecule has 0 aromatic heterocycles. The van der Waals surface area contributed by atoms with Gasteiger partial charge in [0, 0.05) is 5.02 Å². The Morgan fingerprint density at radius 3 is 2.00 bits per heavy atom. The molecule has 182 valence electrons. The summed E-state index contributed by atoms with van der Waals surface area (Å²) in [5, 5.41) is 0.455. The van der Waals surface area contributed by atoms with E-state index in [4.69, 9.17) is 21.1 Å². The Bertz CT molecular complexity index is 1080. The van der Waals surface area contributed by atoms with Gasteiger partial charge in [-0.05, 0) is 59.7 Å². The molecule has 0 aliphatic heterocycles. The van der Waals surface area contributed by atoms with Crippen LogP contribution in [-0.4, -0.2) is 19.1 Å². The van der Waals surface area contributed by atoms with Crippen molar-refractivity contribution in [2.45, 2.75) is 25.1 Å². The van der Waals surface area contributed by atoms with E-state index in [1.165, 1.54) is 24.3 Å². The summed E-state index contributed by atoms with van der Waals surface area (Å²) in [7, 11) is 0. The zero-order valence-electron chi connectivity index (χ0n) is 17.1. The number of hydrogen-bond donors (Lipinski definition) is 0. The summed E-state index contributed by atoms with van der Waals surface area (Å²) >= 11 is 5.79. The number of hydrogen-bond acceptors (Lipinski definition) is 3. The molecule has 0 spiro atoms. The number of rotatable bonds is 8. The van der Waals surface area contributed by atoms with Gasteiger partial charge in [-0.15, -0.1) is 13.2 Å². The lowest BCUT2D eigenvalue weighted by molar-refractivity contribution is -0.274. The van der Waals surface area contributed by atoms with Crippen LogP contribution in [0.25, 0.3) is 0 Å². The highest BCUT2D eigenvalue weighted by molar-refractivity contribution is 6.30. The molecule has 0 radical (unpaired) electrons. The molecule has 1 unspecified atom stereocenters. The molecular weight excluding hydrogens is 493 g/mol. The lowest BCUT2D eigenvalue weighted by Gasteiger charge is -2.21. The average molecular weight is 509 g/mol. The zero-order chi connectivity index (χ0) is 24.9. The van der Waals surface area contributed by atoms with Crippen molar-refractivity contribution in [1.82, 2.24) is 0 Å². The second kappa shape index (κ2) is 10.5. The van der Waals surface area contributed by atoms with E-state index in [0.717, 1.165) is 30.3 Å². The van der Waals surface area contributed by atoms with Crippen LogP contribution in [0.3, 0.4) is 0 Å². The number of alkyl halides is 6. The van der Waals surface area contributed by atoms with Gasteiger partial charge in [0.2, 0.25) is 0 Å². The third-order valence-corrected chi connectivity index (χ3v) is 4.75. The van der Waals surface area contributed by atoms with Gasteiger partial charge in [-0.2, -0.15) is 13.2 Å². The highest BCUT2D eigenvalue weighted by atomic mass is 35.5. The van der Waals surface area contributed by atoms with E-state index in [1.807, 2.05) is 0 Å².